The predicted molar refractivity (Wildman–Crippen MR) is 58.8 cm³/mol. The summed E-state index contributed by atoms with van der Waals surface area (Å²) in [6.07, 6.45) is 5.25. The van der Waals surface area contributed by atoms with Gasteiger partial charge in [-0.25, -0.2) is 0 Å². The minimum absolute atomic E-state index is 0.359. The molecule has 1 saturated carbocycles. The van der Waals surface area contributed by atoms with E-state index in [1.165, 1.54) is 31.4 Å². The van der Waals surface area contributed by atoms with Crippen LogP contribution in [-0.2, 0) is 0 Å². The van der Waals surface area contributed by atoms with E-state index in [1.54, 1.807) is 0 Å². The van der Waals surface area contributed by atoms with Crippen LogP contribution in [0.2, 0.25) is 5.15 Å². The summed E-state index contributed by atoms with van der Waals surface area (Å²) in [5, 5.41) is 5.36. The van der Waals surface area contributed by atoms with Crippen molar-refractivity contribution in [2.45, 2.75) is 51.5 Å². The molecule has 0 bridgehead atoms. The van der Waals surface area contributed by atoms with Gasteiger partial charge in [0.1, 0.15) is 5.15 Å². The van der Waals surface area contributed by atoms with Crippen molar-refractivity contribution >= 4 is 11.6 Å². The van der Waals surface area contributed by atoms with E-state index in [1.807, 2.05) is 10.7 Å². The van der Waals surface area contributed by atoms with Crippen molar-refractivity contribution in [3.63, 3.8) is 0 Å². The van der Waals surface area contributed by atoms with Gasteiger partial charge in [0.2, 0.25) is 0 Å². The molecular weight excluding hydrogens is 196 g/mol. The van der Waals surface area contributed by atoms with Crippen LogP contribution in [0.25, 0.3) is 0 Å². The molecule has 1 aliphatic carbocycles. The lowest BCUT2D eigenvalue weighted by Gasteiger charge is -2.07. The van der Waals surface area contributed by atoms with Gasteiger partial charge in [0.25, 0.3) is 0 Å². The largest absolute Gasteiger partial charge is 0.251 e. The van der Waals surface area contributed by atoms with Crippen LogP contribution < -0.4 is 0 Å². The van der Waals surface area contributed by atoms with Crippen molar-refractivity contribution in [3.8, 4) is 0 Å². The Kier molecular flexibility index (Phi) is 2.82. The van der Waals surface area contributed by atoms with Gasteiger partial charge in [0.05, 0.1) is 5.69 Å². The second kappa shape index (κ2) is 3.93. The zero-order valence-electron chi connectivity index (χ0n) is 8.83. The van der Waals surface area contributed by atoms with E-state index >= 15 is 0 Å². The van der Waals surface area contributed by atoms with Crippen molar-refractivity contribution in [2.24, 2.45) is 0 Å². The Labute approximate surface area is 90.3 Å². The highest BCUT2D eigenvalue weighted by Crippen LogP contribution is 2.34. The Morgan fingerprint density at radius 2 is 2.07 bits per heavy atom. The summed E-state index contributed by atoms with van der Waals surface area (Å²) in [5.74, 6) is 0.660. The maximum Gasteiger partial charge on any atom is 0.127 e. The summed E-state index contributed by atoms with van der Waals surface area (Å²) in [5.41, 5.74) is 1.20. The first-order chi connectivity index (χ1) is 6.68. The average molecular weight is 213 g/mol. The lowest BCUT2D eigenvalue weighted by atomic mass is 10.1. The van der Waals surface area contributed by atoms with Gasteiger partial charge < -0.3 is 0 Å². The van der Waals surface area contributed by atoms with Crippen LogP contribution in [0.1, 0.15) is 57.2 Å². The molecule has 0 aliphatic heterocycles. The summed E-state index contributed by atoms with van der Waals surface area (Å²) in [6.45, 7) is 4.22. The molecule has 14 heavy (non-hydrogen) atoms. The summed E-state index contributed by atoms with van der Waals surface area (Å²) in [4.78, 5) is 0. The van der Waals surface area contributed by atoms with E-state index in [-0.39, 0.29) is 0 Å². The smallest absolute Gasteiger partial charge is 0.127 e. The van der Waals surface area contributed by atoms with Crippen molar-refractivity contribution < 1.29 is 0 Å². The highest BCUT2D eigenvalue weighted by Gasteiger charge is 2.21. The van der Waals surface area contributed by atoms with E-state index < -0.39 is 0 Å². The van der Waals surface area contributed by atoms with Crippen molar-refractivity contribution in [1.29, 1.82) is 0 Å². The summed E-state index contributed by atoms with van der Waals surface area (Å²) >= 11 is 6.12. The fourth-order valence-electron chi connectivity index (χ4n) is 2.17. The minimum Gasteiger partial charge on any atom is -0.251 e. The van der Waals surface area contributed by atoms with E-state index in [0.717, 1.165) is 5.15 Å². The first-order valence-electron chi connectivity index (χ1n) is 5.43. The van der Waals surface area contributed by atoms with Gasteiger partial charge in [-0.15, -0.1) is 0 Å². The number of hydrogen-bond donors (Lipinski definition) is 0. The molecule has 0 unspecified atom stereocenters. The maximum atomic E-state index is 6.12. The molecular formula is C11H17ClN2. The zero-order valence-corrected chi connectivity index (χ0v) is 9.59. The van der Waals surface area contributed by atoms with Crippen LogP contribution in [0, 0.1) is 0 Å². The van der Waals surface area contributed by atoms with Crippen LogP contribution in [0.5, 0.6) is 0 Å². The molecule has 1 aromatic rings. The minimum atomic E-state index is 0.359. The molecule has 2 nitrogen and oxygen atoms in total. The van der Waals surface area contributed by atoms with Gasteiger partial charge >= 0.3 is 0 Å². The van der Waals surface area contributed by atoms with Crippen LogP contribution in [0.4, 0.5) is 0 Å². The fraction of sp³-hybridized carbons (Fsp3) is 0.727. The number of halogens is 1. The van der Waals surface area contributed by atoms with Crippen molar-refractivity contribution in [2.75, 3.05) is 0 Å². The molecule has 0 amide bonds. The van der Waals surface area contributed by atoms with Crippen LogP contribution >= 0.6 is 11.6 Å². The number of nitrogens with zero attached hydrogens (tertiary/aromatic N) is 2. The Morgan fingerprint density at radius 1 is 1.43 bits per heavy atom. The van der Waals surface area contributed by atoms with Gasteiger partial charge in [-0.1, -0.05) is 24.4 Å². The van der Waals surface area contributed by atoms with Crippen LogP contribution in [0.3, 0.4) is 0 Å². The molecule has 78 valence electrons. The number of rotatable bonds is 2. The Morgan fingerprint density at radius 3 is 2.57 bits per heavy atom. The van der Waals surface area contributed by atoms with Gasteiger partial charge in [-0.2, -0.15) is 5.10 Å². The molecule has 2 rings (SSSR count). The third kappa shape index (κ3) is 1.81. The highest BCUT2D eigenvalue weighted by atomic mass is 35.5. The molecule has 1 heterocycles. The number of aromatic nitrogens is 2. The third-order valence-corrected chi connectivity index (χ3v) is 3.25. The van der Waals surface area contributed by atoms with E-state index in [4.69, 9.17) is 11.6 Å². The quantitative estimate of drug-likeness (QED) is 0.730. The molecule has 0 N–H and O–H groups in total. The summed E-state index contributed by atoms with van der Waals surface area (Å²) < 4.78 is 1.91. The highest BCUT2D eigenvalue weighted by molar-refractivity contribution is 6.29. The monoisotopic (exact) mass is 212 g/mol. The zero-order chi connectivity index (χ0) is 10.1. The van der Waals surface area contributed by atoms with Gasteiger partial charge in [-0.05, 0) is 32.8 Å². The van der Waals surface area contributed by atoms with Gasteiger partial charge in [0.15, 0.2) is 0 Å². The normalized spacial score (nSPS) is 18.3. The van der Waals surface area contributed by atoms with E-state index in [9.17, 15) is 0 Å². The summed E-state index contributed by atoms with van der Waals surface area (Å²) in [7, 11) is 0. The van der Waals surface area contributed by atoms with Crippen molar-refractivity contribution in [3.05, 3.63) is 16.9 Å². The Balaban J connectivity index is 2.22. The number of hydrogen-bond acceptors (Lipinski definition) is 1. The predicted octanol–water partition coefficient (Wildman–Crippen LogP) is 3.78. The lowest BCUT2D eigenvalue weighted by molar-refractivity contribution is 0.518. The second-order valence-electron chi connectivity index (χ2n) is 4.41. The molecule has 1 aromatic heterocycles. The first-order valence-corrected chi connectivity index (χ1v) is 5.81. The molecule has 0 spiro atoms. The molecule has 0 atom stereocenters. The molecule has 3 heteroatoms. The molecule has 1 aliphatic rings. The average Bonchev–Trinajstić information content (AvgIpc) is 2.70. The van der Waals surface area contributed by atoms with E-state index in [0.29, 0.717) is 12.0 Å². The van der Waals surface area contributed by atoms with Gasteiger partial charge in [-0.3, -0.25) is 4.68 Å². The first kappa shape index (κ1) is 10.0. The standard InChI is InChI=1S/C11H17ClN2/c1-8(2)14-11(12)7-10(13-14)9-5-3-4-6-9/h7-9H,3-6H2,1-2H3. The SMILES string of the molecule is CC(C)n1nc(C2CCCC2)cc1Cl. The Hall–Kier alpha value is -0.500. The second-order valence-corrected chi connectivity index (χ2v) is 4.80. The molecule has 0 aromatic carbocycles. The molecule has 1 fully saturated rings. The van der Waals surface area contributed by atoms with Crippen LogP contribution in [0.15, 0.2) is 6.07 Å². The lowest BCUT2D eigenvalue weighted by Crippen LogP contribution is -2.04. The summed E-state index contributed by atoms with van der Waals surface area (Å²) in [6, 6.07) is 2.40. The van der Waals surface area contributed by atoms with E-state index in [2.05, 4.69) is 18.9 Å². The fourth-order valence-corrected chi connectivity index (χ4v) is 2.52. The Bertz CT molecular complexity index is 311. The molecule has 0 saturated heterocycles. The van der Waals surface area contributed by atoms with Crippen molar-refractivity contribution in [1.82, 2.24) is 9.78 Å². The molecule has 0 radical (unpaired) electrons. The maximum absolute atomic E-state index is 6.12. The van der Waals surface area contributed by atoms with Crippen LogP contribution in [-0.4, -0.2) is 9.78 Å². The topological polar surface area (TPSA) is 17.8 Å². The third-order valence-electron chi connectivity index (χ3n) is 2.97. The van der Waals surface area contributed by atoms with Gasteiger partial charge in [0, 0.05) is 12.0 Å².